The van der Waals surface area contributed by atoms with Gasteiger partial charge in [0.15, 0.2) is 5.75 Å². The third-order valence-corrected chi connectivity index (χ3v) is 2.50. The molecule has 116 valence electrons. The van der Waals surface area contributed by atoms with Gasteiger partial charge in [-0.2, -0.15) is 0 Å². The second-order valence-corrected chi connectivity index (χ2v) is 3.64. The first-order chi connectivity index (χ1) is 9.99. The molecule has 9 nitrogen and oxygen atoms in total. The van der Waals surface area contributed by atoms with Crippen LogP contribution in [0.15, 0.2) is 6.07 Å². The van der Waals surface area contributed by atoms with Gasteiger partial charge >= 0.3 is 11.8 Å². The minimum atomic E-state index is -0.824. The molecule has 0 unspecified atom stereocenters. The Hall–Kier alpha value is -2.71. The molecule has 0 fully saturated rings. The number of amides is 1. The van der Waals surface area contributed by atoms with Crippen LogP contribution < -0.4 is 19.5 Å². The van der Waals surface area contributed by atoms with Gasteiger partial charge in [-0.25, -0.2) is 4.79 Å². The Morgan fingerprint density at radius 2 is 1.86 bits per heavy atom. The molecule has 0 saturated heterocycles. The number of hydrogen-bond donors (Lipinski definition) is 1. The van der Waals surface area contributed by atoms with Crippen LogP contribution in [0.4, 0.5) is 16.2 Å². The standard InChI is InChI=1S/C12H16N2O7/c1-5-21-12(15)13-7-6-8(18-2)10(19-3)11(20-4)9(7)14(16)17/h6H,5H2,1-4H3,(H,13,15). The predicted octanol–water partition coefficient (Wildman–Crippen LogP) is 2.19. The molecule has 0 spiro atoms. The monoisotopic (exact) mass is 300 g/mol. The third kappa shape index (κ3) is 3.44. The average Bonchev–Trinajstić information content (AvgIpc) is 2.45. The molecule has 1 aromatic rings. The minimum absolute atomic E-state index is 0.0566. The number of nitrogens with one attached hydrogen (secondary N) is 1. The van der Waals surface area contributed by atoms with Crippen molar-refractivity contribution in [3.63, 3.8) is 0 Å². The number of anilines is 1. The smallest absolute Gasteiger partial charge is 0.411 e. The zero-order valence-electron chi connectivity index (χ0n) is 12.1. The number of nitro benzene ring substituents is 1. The highest BCUT2D eigenvalue weighted by Crippen LogP contribution is 2.48. The molecule has 1 rings (SSSR count). The molecule has 0 aliphatic heterocycles. The highest BCUT2D eigenvalue weighted by molar-refractivity contribution is 5.91. The summed E-state index contributed by atoms with van der Waals surface area (Å²) in [6, 6.07) is 1.26. The van der Waals surface area contributed by atoms with Crippen LogP contribution in [0, 0.1) is 10.1 Å². The van der Waals surface area contributed by atoms with Gasteiger partial charge in [0.05, 0.1) is 32.9 Å². The number of ether oxygens (including phenoxy) is 4. The summed E-state index contributed by atoms with van der Waals surface area (Å²) < 4.78 is 19.8. The summed E-state index contributed by atoms with van der Waals surface area (Å²) in [6.45, 7) is 1.74. The van der Waals surface area contributed by atoms with E-state index in [1.165, 1.54) is 27.4 Å². The van der Waals surface area contributed by atoms with Crippen molar-refractivity contribution in [2.75, 3.05) is 33.3 Å². The second kappa shape index (κ2) is 7.17. The fourth-order valence-electron chi connectivity index (χ4n) is 1.69. The lowest BCUT2D eigenvalue weighted by atomic mass is 10.2. The van der Waals surface area contributed by atoms with E-state index in [1.807, 2.05) is 0 Å². The summed E-state index contributed by atoms with van der Waals surface area (Å²) in [6.07, 6.45) is -0.824. The van der Waals surface area contributed by atoms with E-state index in [1.54, 1.807) is 6.92 Å². The molecule has 9 heteroatoms. The zero-order valence-corrected chi connectivity index (χ0v) is 12.1. The van der Waals surface area contributed by atoms with E-state index in [4.69, 9.17) is 18.9 Å². The van der Waals surface area contributed by atoms with E-state index in [0.29, 0.717) is 0 Å². The van der Waals surface area contributed by atoms with Crippen LogP contribution in [0.3, 0.4) is 0 Å². The maximum Gasteiger partial charge on any atom is 0.411 e. The fraction of sp³-hybridized carbons (Fsp3) is 0.417. The van der Waals surface area contributed by atoms with E-state index in [2.05, 4.69) is 5.32 Å². The van der Waals surface area contributed by atoms with Gasteiger partial charge in [0.25, 0.3) is 0 Å². The fourth-order valence-corrected chi connectivity index (χ4v) is 1.69. The summed E-state index contributed by atoms with van der Waals surface area (Å²) >= 11 is 0. The Labute approximate surface area is 120 Å². The van der Waals surface area contributed by atoms with E-state index in [0.717, 1.165) is 0 Å². The Kier molecular flexibility index (Phi) is 5.58. The van der Waals surface area contributed by atoms with Gasteiger partial charge < -0.3 is 18.9 Å². The normalized spacial score (nSPS) is 9.71. The van der Waals surface area contributed by atoms with E-state index >= 15 is 0 Å². The van der Waals surface area contributed by atoms with Crippen molar-refractivity contribution in [3.05, 3.63) is 16.2 Å². The summed E-state index contributed by atoms with van der Waals surface area (Å²) in [4.78, 5) is 22.0. The molecular formula is C12H16N2O7. The van der Waals surface area contributed by atoms with Crippen molar-refractivity contribution in [1.82, 2.24) is 0 Å². The van der Waals surface area contributed by atoms with Crippen LogP contribution >= 0.6 is 0 Å². The van der Waals surface area contributed by atoms with Crippen LogP contribution in [-0.2, 0) is 4.74 Å². The van der Waals surface area contributed by atoms with Gasteiger partial charge in [0, 0.05) is 6.07 Å². The molecule has 0 heterocycles. The largest absolute Gasteiger partial charge is 0.493 e. The van der Waals surface area contributed by atoms with Crippen molar-refractivity contribution in [1.29, 1.82) is 0 Å². The van der Waals surface area contributed by atoms with Crippen molar-refractivity contribution in [2.24, 2.45) is 0 Å². The molecule has 0 saturated carbocycles. The van der Waals surface area contributed by atoms with Crippen molar-refractivity contribution in [2.45, 2.75) is 6.92 Å². The van der Waals surface area contributed by atoms with Gasteiger partial charge in [0.1, 0.15) is 5.69 Å². The number of nitrogens with zero attached hydrogens (tertiary/aromatic N) is 1. The number of benzene rings is 1. The number of rotatable bonds is 6. The Balaban J connectivity index is 3.47. The molecule has 0 atom stereocenters. The number of hydrogen-bond acceptors (Lipinski definition) is 7. The molecular weight excluding hydrogens is 284 g/mol. The van der Waals surface area contributed by atoms with E-state index in [9.17, 15) is 14.9 Å². The zero-order chi connectivity index (χ0) is 16.0. The Bertz CT molecular complexity index is 545. The first-order valence-corrected chi connectivity index (χ1v) is 5.91. The van der Waals surface area contributed by atoms with Gasteiger partial charge in [-0.05, 0) is 6.92 Å². The molecule has 1 N–H and O–H groups in total. The highest BCUT2D eigenvalue weighted by Gasteiger charge is 2.30. The predicted molar refractivity (Wildman–Crippen MR) is 73.4 cm³/mol. The average molecular weight is 300 g/mol. The topological polar surface area (TPSA) is 109 Å². The summed E-state index contributed by atoms with van der Waals surface area (Å²) in [5.74, 6) is 0.0708. The van der Waals surface area contributed by atoms with Gasteiger partial charge in [-0.3, -0.25) is 15.4 Å². The lowest BCUT2D eigenvalue weighted by molar-refractivity contribution is -0.384. The van der Waals surface area contributed by atoms with Crippen molar-refractivity contribution in [3.8, 4) is 17.2 Å². The number of methoxy groups -OCH3 is 3. The lowest BCUT2D eigenvalue weighted by Crippen LogP contribution is -2.15. The molecule has 21 heavy (non-hydrogen) atoms. The molecule has 0 aliphatic rings. The quantitative estimate of drug-likeness (QED) is 0.633. The van der Waals surface area contributed by atoms with E-state index in [-0.39, 0.29) is 29.5 Å². The highest BCUT2D eigenvalue weighted by atomic mass is 16.6. The summed E-state index contributed by atoms with van der Waals surface area (Å²) in [5, 5.41) is 13.5. The molecule has 1 aromatic carbocycles. The summed E-state index contributed by atoms with van der Waals surface area (Å²) in [7, 11) is 3.93. The maximum atomic E-state index is 11.5. The SMILES string of the molecule is CCOC(=O)Nc1cc(OC)c(OC)c(OC)c1[N+](=O)[O-]. The van der Waals surface area contributed by atoms with Crippen LogP contribution in [0.1, 0.15) is 6.92 Å². The van der Waals surface area contributed by atoms with Gasteiger partial charge in [0.2, 0.25) is 11.5 Å². The van der Waals surface area contributed by atoms with Crippen LogP contribution in [0.5, 0.6) is 17.2 Å². The third-order valence-electron chi connectivity index (χ3n) is 2.50. The van der Waals surface area contributed by atoms with E-state index < -0.39 is 16.7 Å². The van der Waals surface area contributed by atoms with Crippen LogP contribution in [0.2, 0.25) is 0 Å². The first kappa shape index (κ1) is 16.3. The van der Waals surface area contributed by atoms with Crippen molar-refractivity contribution < 1.29 is 28.7 Å². The number of carbonyl (C=O) groups excluding carboxylic acids is 1. The maximum absolute atomic E-state index is 11.5. The van der Waals surface area contributed by atoms with Gasteiger partial charge in [-0.15, -0.1) is 0 Å². The molecule has 0 radical (unpaired) electrons. The number of carbonyl (C=O) groups is 1. The molecule has 1 amide bonds. The lowest BCUT2D eigenvalue weighted by Gasteiger charge is -2.15. The van der Waals surface area contributed by atoms with Crippen molar-refractivity contribution >= 4 is 17.5 Å². The summed E-state index contributed by atoms with van der Waals surface area (Å²) in [5.41, 5.74) is -0.573. The Morgan fingerprint density at radius 3 is 2.29 bits per heavy atom. The molecule has 0 aliphatic carbocycles. The molecule has 0 bridgehead atoms. The molecule has 0 aromatic heterocycles. The van der Waals surface area contributed by atoms with Gasteiger partial charge in [-0.1, -0.05) is 0 Å². The minimum Gasteiger partial charge on any atom is -0.493 e. The first-order valence-electron chi connectivity index (χ1n) is 5.91. The number of nitro groups is 1. The second-order valence-electron chi connectivity index (χ2n) is 3.64. The van der Waals surface area contributed by atoms with Crippen LogP contribution in [-0.4, -0.2) is 39.0 Å². The Morgan fingerprint density at radius 1 is 1.24 bits per heavy atom. The van der Waals surface area contributed by atoms with Crippen LogP contribution in [0.25, 0.3) is 0 Å².